The summed E-state index contributed by atoms with van der Waals surface area (Å²) in [6, 6.07) is 8.97. The first-order chi connectivity index (χ1) is 12.6. The number of hydrogen-bond acceptors (Lipinski definition) is 3. The van der Waals surface area contributed by atoms with Gasteiger partial charge in [-0.2, -0.15) is 0 Å². The van der Waals surface area contributed by atoms with Crippen LogP contribution >= 0.6 is 24.0 Å². The number of likely N-dealkylation sites (tertiary alicyclic amines) is 1. The minimum Gasteiger partial charge on any atom is -0.497 e. The van der Waals surface area contributed by atoms with E-state index < -0.39 is 0 Å². The number of rotatable bonds is 8. The van der Waals surface area contributed by atoms with Crippen molar-refractivity contribution < 1.29 is 4.74 Å². The van der Waals surface area contributed by atoms with E-state index >= 15 is 0 Å². The zero-order valence-corrected chi connectivity index (χ0v) is 19.7. The fraction of sp³-hybridized carbons (Fsp3) is 0.667. The summed E-state index contributed by atoms with van der Waals surface area (Å²) in [6.45, 7) is 6.67. The molecule has 0 spiro atoms. The van der Waals surface area contributed by atoms with Gasteiger partial charge in [-0.15, -0.1) is 24.0 Å². The Labute approximate surface area is 182 Å². The van der Waals surface area contributed by atoms with E-state index in [1.54, 1.807) is 7.11 Å². The lowest BCUT2D eigenvalue weighted by molar-refractivity contribution is 0.158. The molecule has 1 N–H and O–H groups in total. The topological polar surface area (TPSA) is 40.1 Å². The Hall–Kier alpha value is -1.02. The average Bonchev–Trinajstić information content (AvgIpc) is 2.66. The molecule has 1 aliphatic heterocycles. The first-order valence-electron chi connectivity index (χ1n) is 9.92. The second-order valence-electron chi connectivity index (χ2n) is 7.27. The Bertz CT molecular complexity index is 550. The van der Waals surface area contributed by atoms with E-state index in [-0.39, 0.29) is 24.0 Å². The summed E-state index contributed by atoms with van der Waals surface area (Å²) in [6.07, 6.45) is 6.55. The van der Waals surface area contributed by atoms with Crippen molar-refractivity contribution in [1.29, 1.82) is 0 Å². The number of unbranched alkanes of at least 4 members (excludes halogenated alkanes) is 1. The van der Waals surface area contributed by atoms with Gasteiger partial charge in [0.2, 0.25) is 0 Å². The van der Waals surface area contributed by atoms with Gasteiger partial charge in [0, 0.05) is 33.2 Å². The maximum absolute atomic E-state index is 5.22. The van der Waals surface area contributed by atoms with Crippen molar-refractivity contribution >= 4 is 29.9 Å². The highest BCUT2D eigenvalue weighted by atomic mass is 127. The summed E-state index contributed by atoms with van der Waals surface area (Å²) < 4.78 is 5.22. The number of ether oxygens (including phenoxy) is 1. The monoisotopic (exact) mass is 488 g/mol. The minimum absolute atomic E-state index is 0. The zero-order valence-electron chi connectivity index (χ0n) is 17.4. The smallest absolute Gasteiger partial charge is 0.193 e. The van der Waals surface area contributed by atoms with E-state index in [0.717, 1.165) is 30.8 Å². The van der Waals surface area contributed by atoms with E-state index in [2.05, 4.69) is 46.2 Å². The third kappa shape index (κ3) is 8.25. The van der Waals surface area contributed by atoms with Crippen LogP contribution in [0.2, 0.25) is 0 Å². The lowest BCUT2D eigenvalue weighted by Crippen LogP contribution is -2.40. The van der Waals surface area contributed by atoms with Crippen molar-refractivity contribution in [3.63, 3.8) is 0 Å². The molecule has 1 heterocycles. The molecular formula is C21H37IN4O. The lowest BCUT2D eigenvalue weighted by Gasteiger charge is -2.33. The molecule has 1 fully saturated rings. The highest BCUT2D eigenvalue weighted by Gasteiger charge is 2.17. The van der Waals surface area contributed by atoms with Crippen LogP contribution in [-0.4, -0.2) is 62.6 Å². The standard InChI is InChI=1S/C21H36N4O.HI/c1-18-9-5-7-15-25(18)16-8-6-14-23-21(22-2)24(3)17-19-10-12-20(26-4)13-11-19;/h10-13,18H,5-9,14-17H2,1-4H3,(H,22,23);1H. The van der Waals surface area contributed by atoms with Gasteiger partial charge in [-0.1, -0.05) is 18.6 Å². The number of aliphatic imine (C=N–C) groups is 1. The van der Waals surface area contributed by atoms with Crippen LogP contribution in [0.5, 0.6) is 5.75 Å². The molecule has 1 unspecified atom stereocenters. The molecule has 1 atom stereocenters. The molecule has 0 amide bonds. The van der Waals surface area contributed by atoms with Crippen LogP contribution in [0.25, 0.3) is 0 Å². The van der Waals surface area contributed by atoms with Crippen LogP contribution in [0.4, 0.5) is 0 Å². The number of nitrogens with zero attached hydrogens (tertiary/aromatic N) is 3. The van der Waals surface area contributed by atoms with Gasteiger partial charge in [0.15, 0.2) is 5.96 Å². The first kappa shape index (κ1) is 24.0. The van der Waals surface area contributed by atoms with Gasteiger partial charge in [0.25, 0.3) is 0 Å². The number of methoxy groups -OCH3 is 1. The molecule has 1 saturated heterocycles. The van der Waals surface area contributed by atoms with E-state index in [1.807, 2.05) is 19.2 Å². The van der Waals surface area contributed by atoms with Crippen LogP contribution in [0.3, 0.4) is 0 Å². The fourth-order valence-electron chi connectivity index (χ4n) is 3.59. The summed E-state index contributed by atoms with van der Waals surface area (Å²) in [5, 5.41) is 3.49. The van der Waals surface area contributed by atoms with Gasteiger partial charge < -0.3 is 19.9 Å². The molecule has 1 aliphatic rings. The van der Waals surface area contributed by atoms with Crippen molar-refractivity contribution in [3.05, 3.63) is 29.8 Å². The minimum atomic E-state index is 0. The predicted octanol–water partition coefficient (Wildman–Crippen LogP) is 3.98. The number of guanidine groups is 1. The summed E-state index contributed by atoms with van der Waals surface area (Å²) >= 11 is 0. The lowest BCUT2D eigenvalue weighted by atomic mass is 10.0. The van der Waals surface area contributed by atoms with Gasteiger partial charge in [0.1, 0.15) is 5.75 Å². The van der Waals surface area contributed by atoms with Gasteiger partial charge in [-0.05, 0) is 63.4 Å². The van der Waals surface area contributed by atoms with Gasteiger partial charge in [0.05, 0.1) is 7.11 Å². The van der Waals surface area contributed by atoms with Crippen molar-refractivity contribution in [2.75, 3.05) is 40.8 Å². The van der Waals surface area contributed by atoms with E-state index in [1.165, 1.54) is 50.8 Å². The van der Waals surface area contributed by atoms with Gasteiger partial charge in [-0.3, -0.25) is 4.99 Å². The molecule has 0 aliphatic carbocycles. The first-order valence-corrected chi connectivity index (χ1v) is 9.92. The molecule has 5 nitrogen and oxygen atoms in total. The quantitative estimate of drug-likeness (QED) is 0.260. The molecular weight excluding hydrogens is 451 g/mol. The highest BCUT2D eigenvalue weighted by molar-refractivity contribution is 14.0. The molecule has 27 heavy (non-hydrogen) atoms. The summed E-state index contributed by atoms with van der Waals surface area (Å²) in [4.78, 5) is 9.22. The second kappa shape index (κ2) is 13.2. The fourth-order valence-corrected chi connectivity index (χ4v) is 3.59. The molecule has 0 saturated carbocycles. The maximum Gasteiger partial charge on any atom is 0.193 e. The van der Waals surface area contributed by atoms with Crippen LogP contribution in [0.1, 0.15) is 44.6 Å². The molecule has 154 valence electrons. The Morgan fingerprint density at radius 3 is 2.63 bits per heavy atom. The molecule has 6 heteroatoms. The van der Waals surface area contributed by atoms with Crippen LogP contribution in [0, 0.1) is 0 Å². The van der Waals surface area contributed by atoms with Crippen molar-refractivity contribution in [1.82, 2.24) is 15.1 Å². The Morgan fingerprint density at radius 2 is 2.00 bits per heavy atom. The molecule has 0 radical (unpaired) electrons. The maximum atomic E-state index is 5.22. The predicted molar refractivity (Wildman–Crippen MR) is 125 cm³/mol. The largest absolute Gasteiger partial charge is 0.497 e. The highest BCUT2D eigenvalue weighted by Crippen LogP contribution is 2.16. The number of piperidine rings is 1. The Morgan fingerprint density at radius 1 is 1.26 bits per heavy atom. The zero-order chi connectivity index (χ0) is 18.8. The number of benzene rings is 1. The molecule has 0 bridgehead atoms. The van der Waals surface area contributed by atoms with E-state index in [0.29, 0.717) is 0 Å². The number of halogens is 1. The average molecular weight is 488 g/mol. The number of nitrogens with one attached hydrogen (secondary N) is 1. The van der Waals surface area contributed by atoms with Gasteiger partial charge >= 0.3 is 0 Å². The normalized spacial score (nSPS) is 17.9. The van der Waals surface area contributed by atoms with Crippen molar-refractivity contribution in [2.45, 2.75) is 51.6 Å². The van der Waals surface area contributed by atoms with Crippen molar-refractivity contribution in [3.8, 4) is 5.75 Å². The van der Waals surface area contributed by atoms with E-state index in [9.17, 15) is 0 Å². The van der Waals surface area contributed by atoms with Crippen LogP contribution in [-0.2, 0) is 6.54 Å². The summed E-state index contributed by atoms with van der Waals surface area (Å²) in [7, 11) is 5.62. The summed E-state index contributed by atoms with van der Waals surface area (Å²) in [5.41, 5.74) is 1.25. The van der Waals surface area contributed by atoms with Crippen LogP contribution in [0.15, 0.2) is 29.3 Å². The van der Waals surface area contributed by atoms with Crippen molar-refractivity contribution in [2.24, 2.45) is 4.99 Å². The molecule has 0 aromatic heterocycles. The third-order valence-corrected chi connectivity index (χ3v) is 5.25. The van der Waals surface area contributed by atoms with Crippen LogP contribution < -0.4 is 10.1 Å². The third-order valence-electron chi connectivity index (χ3n) is 5.25. The molecule has 1 aromatic carbocycles. The molecule has 2 rings (SSSR count). The SMILES string of the molecule is CN=C(NCCCCN1CCCCC1C)N(C)Cc1ccc(OC)cc1.I. The summed E-state index contributed by atoms with van der Waals surface area (Å²) in [5.74, 6) is 1.84. The van der Waals surface area contributed by atoms with E-state index in [4.69, 9.17) is 4.74 Å². The Kier molecular flexibility index (Phi) is 11.7. The number of hydrogen-bond donors (Lipinski definition) is 1. The second-order valence-corrected chi connectivity index (χ2v) is 7.27. The molecule has 1 aromatic rings. The Balaban J connectivity index is 0.00000364. The van der Waals surface area contributed by atoms with Gasteiger partial charge in [-0.25, -0.2) is 0 Å².